The molecule has 0 bridgehead atoms. The summed E-state index contributed by atoms with van der Waals surface area (Å²) < 4.78 is 18.8. The van der Waals surface area contributed by atoms with Crippen LogP contribution in [0, 0.1) is 5.82 Å². The van der Waals surface area contributed by atoms with E-state index < -0.39 is 17.6 Å². The van der Waals surface area contributed by atoms with Gasteiger partial charge in [-0.15, -0.1) is 0 Å². The van der Waals surface area contributed by atoms with E-state index in [0.717, 1.165) is 11.5 Å². The van der Waals surface area contributed by atoms with Crippen LogP contribution in [-0.4, -0.2) is 11.8 Å². The quantitative estimate of drug-likeness (QED) is 0.714. The molecule has 0 aliphatic carbocycles. The van der Waals surface area contributed by atoms with Crippen LogP contribution in [0.5, 0.6) is 0 Å². The van der Waals surface area contributed by atoms with Crippen molar-refractivity contribution in [2.24, 2.45) is 0 Å². The van der Waals surface area contributed by atoms with E-state index in [-0.39, 0.29) is 11.3 Å². The second-order valence-corrected chi connectivity index (χ2v) is 4.54. The van der Waals surface area contributed by atoms with Crippen LogP contribution in [0.15, 0.2) is 59.0 Å². The molecule has 3 aromatic rings. The second kappa shape index (κ2) is 5.69. The van der Waals surface area contributed by atoms with Gasteiger partial charge in [0.25, 0.3) is 5.91 Å². The van der Waals surface area contributed by atoms with Crippen LogP contribution in [-0.2, 0) is 0 Å². The second-order valence-electron chi connectivity index (χ2n) is 4.54. The third-order valence-electron chi connectivity index (χ3n) is 3.06. The first kappa shape index (κ1) is 13.8. The van der Waals surface area contributed by atoms with Crippen molar-refractivity contribution in [3.8, 4) is 0 Å². The number of carbonyl (C=O) groups excluding carboxylic acids is 2. The fourth-order valence-corrected chi connectivity index (χ4v) is 1.98. The summed E-state index contributed by atoms with van der Waals surface area (Å²) >= 11 is 0. The molecule has 22 heavy (non-hydrogen) atoms. The van der Waals surface area contributed by atoms with Crippen LogP contribution in [0.1, 0.15) is 20.9 Å². The Morgan fingerprint density at radius 3 is 2.36 bits per heavy atom. The normalized spacial score (nSPS) is 10.4. The number of hydrogen-bond acceptors (Lipinski definition) is 3. The lowest BCUT2D eigenvalue weighted by Crippen LogP contribution is -2.41. The number of hydrogen-bond donors (Lipinski definition) is 2. The van der Waals surface area contributed by atoms with E-state index in [9.17, 15) is 14.0 Å². The lowest BCUT2D eigenvalue weighted by Gasteiger charge is -2.06. The summed E-state index contributed by atoms with van der Waals surface area (Å²) in [5.41, 5.74) is 4.73. The SMILES string of the molecule is O=C(NNC(=O)c1ccccc1F)c1cc2ccccc2o1. The summed E-state index contributed by atoms with van der Waals surface area (Å²) in [4.78, 5) is 23.7. The number of carbonyl (C=O) groups is 2. The number of fused-ring (bicyclic) bond motifs is 1. The summed E-state index contributed by atoms with van der Waals surface area (Å²) in [6, 6.07) is 14.2. The van der Waals surface area contributed by atoms with Crippen molar-refractivity contribution >= 4 is 22.8 Å². The maximum atomic E-state index is 13.4. The van der Waals surface area contributed by atoms with E-state index in [4.69, 9.17) is 4.42 Å². The molecule has 0 aliphatic rings. The van der Waals surface area contributed by atoms with E-state index >= 15 is 0 Å². The predicted octanol–water partition coefficient (Wildman–Crippen LogP) is 2.65. The molecule has 2 N–H and O–H groups in total. The van der Waals surface area contributed by atoms with E-state index in [1.54, 1.807) is 24.3 Å². The monoisotopic (exact) mass is 298 g/mol. The van der Waals surface area contributed by atoms with Gasteiger partial charge in [-0.05, 0) is 24.3 Å². The highest BCUT2D eigenvalue weighted by molar-refractivity contribution is 5.99. The zero-order chi connectivity index (χ0) is 15.5. The molecule has 3 rings (SSSR count). The fraction of sp³-hybridized carbons (Fsp3) is 0. The van der Waals surface area contributed by atoms with Gasteiger partial charge in [-0.25, -0.2) is 4.39 Å². The number of amides is 2. The Morgan fingerprint density at radius 1 is 0.909 bits per heavy atom. The lowest BCUT2D eigenvalue weighted by atomic mass is 10.2. The number of rotatable bonds is 2. The van der Waals surface area contributed by atoms with Crippen molar-refractivity contribution in [2.45, 2.75) is 0 Å². The van der Waals surface area contributed by atoms with Crippen LogP contribution >= 0.6 is 0 Å². The van der Waals surface area contributed by atoms with E-state index in [0.29, 0.717) is 5.58 Å². The van der Waals surface area contributed by atoms with Crippen molar-refractivity contribution in [3.05, 3.63) is 71.7 Å². The summed E-state index contributed by atoms with van der Waals surface area (Å²) in [5, 5.41) is 0.771. The summed E-state index contributed by atoms with van der Waals surface area (Å²) in [7, 11) is 0. The van der Waals surface area contributed by atoms with Crippen molar-refractivity contribution in [2.75, 3.05) is 0 Å². The zero-order valence-electron chi connectivity index (χ0n) is 11.3. The molecule has 0 unspecified atom stereocenters. The molecule has 2 aromatic carbocycles. The molecule has 0 fully saturated rings. The van der Waals surface area contributed by atoms with Gasteiger partial charge in [0.1, 0.15) is 11.4 Å². The summed E-state index contributed by atoms with van der Waals surface area (Å²) in [6.45, 7) is 0. The Bertz CT molecular complexity index is 824. The summed E-state index contributed by atoms with van der Waals surface area (Å²) in [6.07, 6.45) is 0. The Balaban J connectivity index is 1.69. The van der Waals surface area contributed by atoms with Crippen molar-refractivity contribution < 1.29 is 18.4 Å². The van der Waals surface area contributed by atoms with Crippen molar-refractivity contribution in [1.82, 2.24) is 10.9 Å². The minimum atomic E-state index is -0.748. The molecule has 2 amide bonds. The average molecular weight is 298 g/mol. The molecule has 6 heteroatoms. The maximum absolute atomic E-state index is 13.4. The topological polar surface area (TPSA) is 71.3 Å². The van der Waals surface area contributed by atoms with E-state index in [2.05, 4.69) is 10.9 Å². The van der Waals surface area contributed by atoms with Gasteiger partial charge in [0, 0.05) is 5.39 Å². The standard InChI is InChI=1S/C16H11FN2O3/c17-12-7-3-2-6-11(12)15(20)18-19-16(21)14-9-10-5-1-4-8-13(10)22-14/h1-9H,(H,18,20)(H,19,21). The van der Waals surface area contributed by atoms with Gasteiger partial charge in [0.2, 0.25) is 0 Å². The molecule has 0 saturated carbocycles. The molecule has 0 aliphatic heterocycles. The highest BCUT2D eigenvalue weighted by atomic mass is 19.1. The molecule has 0 atom stereocenters. The Labute approximate surface area is 124 Å². The molecular formula is C16H11FN2O3. The van der Waals surface area contributed by atoms with Gasteiger partial charge >= 0.3 is 5.91 Å². The molecular weight excluding hydrogens is 287 g/mol. The third-order valence-corrected chi connectivity index (χ3v) is 3.06. The van der Waals surface area contributed by atoms with E-state index in [1.807, 2.05) is 6.07 Å². The van der Waals surface area contributed by atoms with Gasteiger partial charge in [0.15, 0.2) is 5.76 Å². The van der Waals surface area contributed by atoms with Crippen LogP contribution < -0.4 is 10.9 Å². The molecule has 1 aromatic heterocycles. The minimum Gasteiger partial charge on any atom is -0.451 e. The van der Waals surface area contributed by atoms with Crippen LogP contribution in [0.2, 0.25) is 0 Å². The van der Waals surface area contributed by atoms with Crippen LogP contribution in [0.4, 0.5) is 4.39 Å². The smallest absolute Gasteiger partial charge is 0.305 e. The Morgan fingerprint density at radius 2 is 1.59 bits per heavy atom. The molecule has 0 saturated heterocycles. The number of benzene rings is 2. The number of halogens is 1. The molecule has 0 spiro atoms. The van der Waals surface area contributed by atoms with Gasteiger partial charge in [-0.2, -0.15) is 0 Å². The minimum absolute atomic E-state index is 0.0510. The Kier molecular flexibility index (Phi) is 3.57. The summed E-state index contributed by atoms with van der Waals surface area (Å²) in [5.74, 6) is -1.99. The molecule has 0 radical (unpaired) electrons. The number of furan rings is 1. The maximum Gasteiger partial charge on any atom is 0.305 e. The average Bonchev–Trinajstić information content (AvgIpc) is 2.97. The van der Waals surface area contributed by atoms with Gasteiger partial charge in [-0.3, -0.25) is 20.4 Å². The molecule has 5 nitrogen and oxygen atoms in total. The van der Waals surface area contributed by atoms with Crippen LogP contribution in [0.3, 0.4) is 0 Å². The van der Waals surface area contributed by atoms with Gasteiger partial charge in [0.05, 0.1) is 5.56 Å². The highest BCUT2D eigenvalue weighted by Crippen LogP contribution is 2.18. The molecule has 110 valence electrons. The first-order chi connectivity index (χ1) is 10.6. The third kappa shape index (κ3) is 2.67. The van der Waals surface area contributed by atoms with Crippen molar-refractivity contribution in [1.29, 1.82) is 0 Å². The zero-order valence-corrected chi connectivity index (χ0v) is 11.3. The highest BCUT2D eigenvalue weighted by Gasteiger charge is 2.15. The first-order valence-corrected chi connectivity index (χ1v) is 6.49. The lowest BCUT2D eigenvalue weighted by molar-refractivity contribution is 0.0830. The van der Waals surface area contributed by atoms with Gasteiger partial charge in [-0.1, -0.05) is 30.3 Å². The van der Waals surface area contributed by atoms with E-state index in [1.165, 1.54) is 18.2 Å². The van der Waals surface area contributed by atoms with Crippen molar-refractivity contribution in [3.63, 3.8) is 0 Å². The largest absolute Gasteiger partial charge is 0.451 e. The van der Waals surface area contributed by atoms with Gasteiger partial charge < -0.3 is 4.42 Å². The first-order valence-electron chi connectivity index (χ1n) is 6.49. The predicted molar refractivity (Wildman–Crippen MR) is 77.5 cm³/mol. The number of para-hydroxylation sites is 1. The molecule has 1 heterocycles. The Hall–Kier alpha value is -3.15. The van der Waals surface area contributed by atoms with Crippen LogP contribution in [0.25, 0.3) is 11.0 Å². The number of hydrazine groups is 1. The fourth-order valence-electron chi connectivity index (χ4n) is 1.98. The number of nitrogens with one attached hydrogen (secondary N) is 2.